The standard InChI is InChI=1S/C20H19ClN4O5S/c1-11-19(23-30-25(11)27)13-8-16(28-2)17(29-3)9-15(13)22-24-18(26)10-31-20(24)12-6-4-5-7-14(12)21/h4-9,20,22H,10H2,1-3H3. The van der Waals surface area contributed by atoms with Crippen molar-refractivity contribution in [1.82, 2.24) is 10.2 Å². The predicted molar refractivity (Wildman–Crippen MR) is 116 cm³/mol. The molecule has 11 heteroatoms. The number of hydrogen-bond acceptors (Lipinski definition) is 8. The number of amides is 1. The average molecular weight is 463 g/mol. The minimum atomic E-state index is -0.343. The molecule has 2 heterocycles. The van der Waals surface area contributed by atoms with Gasteiger partial charge >= 0.3 is 0 Å². The molecule has 162 valence electrons. The lowest BCUT2D eigenvalue weighted by molar-refractivity contribution is -0.806. The fourth-order valence-corrected chi connectivity index (χ4v) is 4.73. The van der Waals surface area contributed by atoms with E-state index >= 15 is 0 Å². The van der Waals surface area contributed by atoms with Gasteiger partial charge < -0.3 is 14.7 Å². The summed E-state index contributed by atoms with van der Waals surface area (Å²) in [7, 11) is 3.02. The number of benzene rings is 2. The molecule has 4 rings (SSSR count). The number of hydrogen-bond donors (Lipinski definition) is 1. The second-order valence-electron chi connectivity index (χ2n) is 6.68. The van der Waals surface area contributed by atoms with Gasteiger partial charge in [-0.15, -0.1) is 11.8 Å². The molecule has 1 aromatic heterocycles. The van der Waals surface area contributed by atoms with Crippen LogP contribution < -0.4 is 19.8 Å². The van der Waals surface area contributed by atoms with Crippen molar-refractivity contribution in [2.24, 2.45) is 0 Å². The molecular weight excluding hydrogens is 444 g/mol. The Hall–Kier alpha value is -3.11. The molecule has 0 aliphatic carbocycles. The van der Waals surface area contributed by atoms with E-state index in [4.69, 9.17) is 25.7 Å². The van der Waals surface area contributed by atoms with Crippen LogP contribution in [-0.2, 0) is 4.79 Å². The number of aromatic nitrogens is 2. The molecular formula is C20H19ClN4O5S. The predicted octanol–water partition coefficient (Wildman–Crippen LogP) is 3.56. The fourth-order valence-electron chi connectivity index (χ4n) is 3.28. The van der Waals surface area contributed by atoms with E-state index in [0.717, 1.165) is 5.56 Å². The zero-order chi connectivity index (χ0) is 22.1. The lowest BCUT2D eigenvalue weighted by atomic mass is 10.1. The molecule has 1 aliphatic rings. The van der Waals surface area contributed by atoms with E-state index in [1.54, 1.807) is 25.1 Å². The molecule has 2 aromatic carbocycles. The number of carbonyl (C=O) groups excluding carboxylic acids is 1. The third kappa shape index (κ3) is 3.84. The van der Waals surface area contributed by atoms with Crippen molar-refractivity contribution in [3.05, 3.63) is 57.9 Å². The summed E-state index contributed by atoms with van der Waals surface area (Å²) in [6.07, 6.45) is 0. The number of nitrogens with one attached hydrogen (secondary N) is 1. The van der Waals surface area contributed by atoms with Crippen LogP contribution in [0.1, 0.15) is 16.6 Å². The number of methoxy groups -OCH3 is 2. The van der Waals surface area contributed by atoms with Crippen molar-refractivity contribution in [1.29, 1.82) is 0 Å². The summed E-state index contributed by atoms with van der Waals surface area (Å²) in [5, 5.41) is 17.4. The second kappa shape index (κ2) is 8.56. The molecule has 3 aromatic rings. The molecule has 1 atom stereocenters. The smallest absolute Gasteiger partial charge is 0.253 e. The van der Waals surface area contributed by atoms with Gasteiger partial charge in [0.2, 0.25) is 5.69 Å². The first-order chi connectivity index (χ1) is 14.9. The Bertz CT molecular complexity index is 1140. The van der Waals surface area contributed by atoms with E-state index < -0.39 is 0 Å². The van der Waals surface area contributed by atoms with Crippen molar-refractivity contribution < 1.29 is 23.8 Å². The number of hydrazine groups is 1. The number of ether oxygens (including phenoxy) is 2. The first-order valence-corrected chi connectivity index (χ1v) is 10.6. The molecule has 31 heavy (non-hydrogen) atoms. The van der Waals surface area contributed by atoms with Crippen molar-refractivity contribution in [2.45, 2.75) is 12.3 Å². The summed E-state index contributed by atoms with van der Waals surface area (Å²) in [5.74, 6) is 1.05. The number of carbonyl (C=O) groups is 1. The van der Waals surface area contributed by atoms with Gasteiger partial charge in [0.05, 0.1) is 31.2 Å². The summed E-state index contributed by atoms with van der Waals surface area (Å²) in [4.78, 5) is 13.0. The quantitative estimate of drug-likeness (QED) is 0.554. The van der Waals surface area contributed by atoms with Crippen molar-refractivity contribution in [3.8, 4) is 22.8 Å². The molecule has 0 bridgehead atoms. The Morgan fingerprint density at radius 2 is 2.00 bits per heavy atom. The van der Waals surface area contributed by atoms with Gasteiger partial charge in [-0.25, -0.2) is 5.01 Å². The Labute approximate surface area is 187 Å². The molecule has 1 fully saturated rings. The van der Waals surface area contributed by atoms with Crippen molar-refractivity contribution in [3.63, 3.8) is 0 Å². The minimum Gasteiger partial charge on any atom is -0.493 e. The number of thioether (sulfide) groups is 1. The molecule has 1 aliphatic heterocycles. The van der Waals surface area contributed by atoms with Crippen LogP contribution in [0.15, 0.2) is 41.0 Å². The zero-order valence-corrected chi connectivity index (χ0v) is 18.5. The van der Waals surface area contributed by atoms with Gasteiger partial charge in [-0.3, -0.25) is 14.8 Å². The van der Waals surface area contributed by atoms with Crippen LogP contribution in [0, 0.1) is 12.1 Å². The van der Waals surface area contributed by atoms with E-state index in [0.29, 0.717) is 38.4 Å². The highest BCUT2D eigenvalue weighted by molar-refractivity contribution is 8.00. The van der Waals surface area contributed by atoms with Crippen LogP contribution in [0.3, 0.4) is 0 Å². The highest BCUT2D eigenvalue weighted by Crippen LogP contribution is 2.44. The lowest BCUT2D eigenvalue weighted by Crippen LogP contribution is -2.34. The molecule has 9 nitrogen and oxygen atoms in total. The maximum Gasteiger partial charge on any atom is 0.253 e. The van der Waals surface area contributed by atoms with Crippen molar-refractivity contribution >= 4 is 35.0 Å². The van der Waals surface area contributed by atoms with Crippen LogP contribution in [-0.4, -0.2) is 36.0 Å². The summed E-state index contributed by atoms with van der Waals surface area (Å²) >= 11 is 7.84. The second-order valence-corrected chi connectivity index (χ2v) is 8.15. The largest absolute Gasteiger partial charge is 0.493 e. The normalized spacial score (nSPS) is 15.9. The number of anilines is 1. The van der Waals surface area contributed by atoms with Crippen LogP contribution in [0.25, 0.3) is 11.3 Å². The van der Waals surface area contributed by atoms with Gasteiger partial charge in [0.15, 0.2) is 11.5 Å². The van der Waals surface area contributed by atoms with Crippen molar-refractivity contribution in [2.75, 3.05) is 25.4 Å². The lowest BCUT2D eigenvalue weighted by Gasteiger charge is -2.27. The number of rotatable bonds is 6. The third-order valence-corrected chi connectivity index (χ3v) is 6.42. The van der Waals surface area contributed by atoms with Gasteiger partial charge in [0, 0.05) is 28.7 Å². The minimum absolute atomic E-state index is 0.119. The summed E-state index contributed by atoms with van der Waals surface area (Å²) in [6.45, 7) is 1.59. The molecule has 1 N–H and O–H groups in total. The summed E-state index contributed by atoms with van der Waals surface area (Å²) < 4.78 is 15.6. The Morgan fingerprint density at radius 1 is 1.29 bits per heavy atom. The molecule has 0 radical (unpaired) electrons. The fraction of sp³-hybridized carbons (Fsp3) is 0.250. The first kappa shape index (κ1) is 21.1. The van der Waals surface area contributed by atoms with E-state index in [2.05, 4.69) is 10.6 Å². The molecule has 0 spiro atoms. The van der Waals surface area contributed by atoms with E-state index in [9.17, 15) is 10.0 Å². The first-order valence-electron chi connectivity index (χ1n) is 9.22. The Kier molecular flexibility index (Phi) is 5.84. The maximum absolute atomic E-state index is 12.7. The summed E-state index contributed by atoms with van der Waals surface area (Å²) in [6, 6.07) is 10.7. The monoisotopic (exact) mass is 462 g/mol. The van der Waals surface area contributed by atoms with Crippen LogP contribution in [0.5, 0.6) is 11.5 Å². The number of nitrogens with zero attached hydrogens (tertiary/aromatic N) is 3. The van der Waals surface area contributed by atoms with Crippen LogP contribution in [0.2, 0.25) is 5.02 Å². The van der Waals surface area contributed by atoms with E-state index in [-0.39, 0.29) is 22.7 Å². The SMILES string of the molecule is COc1cc(NN2C(=O)CSC2c2ccccc2Cl)c(-c2no[n+]([O-])c2C)cc1OC. The average Bonchev–Trinajstić information content (AvgIpc) is 3.30. The zero-order valence-electron chi connectivity index (χ0n) is 16.9. The third-order valence-electron chi connectivity index (χ3n) is 4.88. The Morgan fingerprint density at radius 3 is 2.65 bits per heavy atom. The molecule has 0 saturated carbocycles. The van der Waals surface area contributed by atoms with Gasteiger partial charge in [0.25, 0.3) is 11.6 Å². The van der Waals surface area contributed by atoms with Crippen LogP contribution >= 0.6 is 23.4 Å². The number of halogens is 1. The van der Waals surface area contributed by atoms with E-state index in [1.165, 1.54) is 31.0 Å². The molecule has 1 unspecified atom stereocenters. The highest BCUT2D eigenvalue weighted by Gasteiger charge is 2.35. The Balaban J connectivity index is 1.80. The van der Waals surface area contributed by atoms with Gasteiger partial charge in [-0.1, -0.05) is 29.8 Å². The van der Waals surface area contributed by atoms with E-state index in [1.807, 2.05) is 18.2 Å². The van der Waals surface area contributed by atoms with Gasteiger partial charge in [-0.05, 0) is 17.0 Å². The van der Waals surface area contributed by atoms with Gasteiger partial charge in [-0.2, -0.15) is 0 Å². The van der Waals surface area contributed by atoms with Gasteiger partial charge in [0.1, 0.15) is 5.37 Å². The molecule has 1 amide bonds. The summed E-state index contributed by atoms with van der Waals surface area (Å²) in [5.41, 5.74) is 5.56. The topological polar surface area (TPSA) is 104 Å². The highest BCUT2D eigenvalue weighted by atomic mass is 35.5. The maximum atomic E-state index is 12.7. The van der Waals surface area contributed by atoms with Crippen LogP contribution in [0.4, 0.5) is 5.69 Å². The molecule has 1 saturated heterocycles.